The quantitative estimate of drug-likeness (QED) is 0.142. The number of ether oxygens (including phenoxy) is 2. The smallest absolute Gasteiger partial charge is 0.240 e. The molecule has 0 unspecified atom stereocenters. The van der Waals surface area contributed by atoms with Gasteiger partial charge >= 0.3 is 0 Å². The molecule has 43 heavy (non-hydrogen) atoms. The Morgan fingerprint density at radius 1 is 0.930 bits per heavy atom. The van der Waals surface area contributed by atoms with E-state index in [9.17, 15) is 8.42 Å². The third kappa shape index (κ3) is 7.91. The highest BCUT2D eigenvalue weighted by molar-refractivity contribution is 7.89. The minimum absolute atomic E-state index is 0.0669. The van der Waals surface area contributed by atoms with Gasteiger partial charge in [0.25, 0.3) is 0 Å². The molecule has 1 aliphatic rings. The van der Waals surface area contributed by atoms with Crippen LogP contribution in [0.4, 0.5) is 0 Å². The molecule has 9 nitrogen and oxygen atoms in total. The molecule has 10 heteroatoms. The SMILES string of the molecule is CC(=N)N1CCC(Oc2ccc(C[C@@H](COc3cccc(C(=N)N)c3)NS(=O)(=O)c3ccc4ccccc4c3)cc2)CC1. The van der Waals surface area contributed by atoms with Gasteiger partial charge in [0.1, 0.15) is 30.0 Å². The number of benzene rings is 4. The van der Waals surface area contributed by atoms with Crippen molar-refractivity contribution in [1.29, 1.82) is 10.8 Å². The van der Waals surface area contributed by atoms with Gasteiger partial charge in [-0.2, -0.15) is 0 Å². The molecule has 1 atom stereocenters. The Kier molecular flexibility index (Phi) is 9.27. The Bertz CT molecular complexity index is 1700. The van der Waals surface area contributed by atoms with Crippen LogP contribution in [0.3, 0.4) is 0 Å². The van der Waals surface area contributed by atoms with Gasteiger partial charge in [-0.3, -0.25) is 10.8 Å². The van der Waals surface area contributed by atoms with Gasteiger partial charge in [0, 0.05) is 31.5 Å². The molecule has 4 aromatic rings. The van der Waals surface area contributed by atoms with Gasteiger partial charge in [0.15, 0.2) is 0 Å². The van der Waals surface area contributed by atoms with Gasteiger partial charge < -0.3 is 20.1 Å². The molecule has 0 bridgehead atoms. The van der Waals surface area contributed by atoms with E-state index in [1.165, 1.54) is 0 Å². The molecule has 1 fully saturated rings. The lowest BCUT2D eigenvalue weighted by atomic mass is 10.1. The lowest BCUT2D eigenvalue weighted by Gasteiger charge is -2.32. The van der Waals surface area contributed by atoms with E-state index in [2.05, 4.69) is 9.62 Å². The highest BCUT2D eigenvalue weighted by Gasteiger charge is 2.23. The number of rotatable bonds is 11. The fourth-order valence-electron chi connectivity index (χ4n) is 5.20. The van der Waals surface area contributed by atoms with Crippen LogP contribution >= 0.6 is 0 Å². The van der Waals surface area contributed by atoms with Gasteiger partial charge in [0.2, 0.25) is 10.0 Å². The average molecular weight is 600 g/mol. The van der Waals surface area contributed by atoms with Gasteiger partial charge in [0.05, 0.1) is 16.8 Å². The maximum absolute atomic E-state index is 13.5. The van der Waals surface area contributed by atoms with Crippen LogP contribution < -0.4 is 19.9 Å². The summed E-state index contributed by atoms with van der Waals surface area (Å²) in [7, 11) is -3.86. The van der Waals surface area contributed by atoms with Crippen LogP contribution in [0.25, 0.3) is 10.8 Å². The van der Waals surface area contributed by atoms with Crippen LogP contribution in [0.2, 0.25) is 0 Å². The average Bonchev–Trinajstić information content (AvgIpc) is 3.01. The van der Waals surface area contributed by atoms with Crippen molar-refractivity contribution < 1.29 is 17.9 Å². The van der Waals surface area contributed by atoms with Crippen molar-refractivity contribution in [3.8, 4) is 11.5 Å². The first-order chi connectivity index (χ1) is 20.7. The van der Waals surface area contributed by atoms with E-state index in [1.807, 2.05) is 55.5 Å². The predicted octanol–water partition coefficient (Wildman–Crippen LogP) is 4.93. The molecular formula is C33H37N5O4S. The standard InChI is InChI=1S/C33H37N5O4S/c1-23(34)38-17-15-30(16-18-38)42-29-12-9-24(10-13-29)19-28(22-41-31-8-4-7-27(20-31)33(35)36)37-43(39,40)32-14-11-25-5-2-3-6-26(25)21-32/h2-14,20-21,28,30,34,37H,15-19,22H2,1H3,(H3,35,36)/t28-/m0/s1. The first-order valence-corrected chi connectivity index (χ1v) is 15.8. The monoisotopic (exact) mass is 599 g/mol. The van der Waals surface area contributed by atoms with Crippen molar-refractivity contribution in [2.24, 2.45) is 5.73 Å². The fraction of sp³-hybridized carbons (Fsp3) is 0.273. The third-order valence-corrected chi connectivity index (χ3v) is 9.09. The summed E-state index contributed by atoms with van der Waals surface area (Å²) in [4.78, 5) is 2.24. The summed E-state index contributed by atoms with van der Waals surface area (Å²) in [6, 6.07) is 26.7. The van der Waals surface area contributed by atoms with Crippen LogP contribution in [0, 0.1) is 10.8 Å². The zero-order chi connectivity index (χ0) is 30.4. The van der Waals surface area contributed by atoms with E-state index in [1.54, 1.807) is 42.5 Å². The van der Waals surface area contributed by atoms with Gasteiger partial charge in [-0.05, 0) is 66.1 Å². The zero-order valence-electron chi connectivity index (χ0n) is 24.1. The van der Waals surface area contributed by atoms with Gasteiger partial charge in [-0.15, -0.1) is 0 Å². The largest absolute Gasteiger partial charge is 0.492 e. The molecule has 0 aromatic heterocycles. The van der Waals surface area contributed by atoms with Crippen LogP contribution in [0.1, 0.15) is 30.9 Å². The minimum Gasteiger partial charge on any atom is -0.492 e. The number of hydrogen-bond acceptors (Lipinski definition) is 6. The summed E-state index contributed by atoms with van der Waals surface area (Å²) in [5, 5.41) is 17.3. The molecule has 1 aliphatic heterocycles. The minimum atomic E-state index is -3.86. The Hall–Kier alpha value is -4.41. The molecule has 224 valence electrons. The van der Waals surface area contributed by atoms with Crippen molar-refractivity contribution in [1.82, 2.24) is 9.62 Å². The Morgan fingerprint density at radius 2 is 1.65 bits per heavy atom. The molecule has 0 spiro atoms. The van der Waals surface area contributed by atoms with Crippen molar-refractivity contribution in [2.75, 3.05) is 19.7 Å². The number of likely N-dealkylation sites (tertiary alicyclic amines) is 1. The summed E-state index contributed by atoms with van der Waals surface area (Å²) < 4.78 is 42.1. The lowest BCUT2D eigenvalue weighted by molar-refractivity contribution is 0.130. The van der Waals surface area contributed by atoms with Gasteiger partial charge in [-0.25, -0.2) is 13.1 Å². The first-order valence-electron chi connectivity index (χ1n) is 14.3. The molecule has 4 aromatic carbocycles. The molecule has 0 radical (unpaired) electrons. The summed E-state index contributed by atoms with van der Waals surface area (Å²) >= 11 is 0. The second-order valence-corrected chi connectivity index (χ2v) is 12.5. The molecule has 5 N–H and O–H groups in total. The molecular weight excluding hydrogens is 562 g/mol. The molecule has 1 heterocycles. The zero-order valence-corrected chi connectivity index (χ0v) is 24.9. The molecule has 0 saturated carbocycles. The maximum Gasteiger partial charge on any atom is 0.240 e. The summed E-state index contributed by atoms with van der Waals surface area (Å²) in [6.45, 7) is 3.50. The van der Waals surface area contributed by atoms with Crippen LogP contribution in [-0.2, 0) is 16.4 Å². The molecule has 1 saturated heterocycles. The second kappa shape index (κ2) is 13.3. The normalized spacial score (nSPS) is 14.8. The summed E-state index contributed by atoms with van der Waals surface area (Å²) in [6.07, 6.45) is 2.20. The van der Waals surface area contributed by atoms with E-state index < -0.39 is 16.1 Å². The van der Waals surface area contributed by atoms with Gasteiger partial charge in [-0.1, -0.05) is 54.6 Å². The van der Waals surface area contributed by atoms with Crippen LogP contribution in [0.5, 0.6) is 11.5 Å². The number of nitrogens with zero attached hydrogens (tertiary/aromatic N) is 1. The highest BCUT2D eigenvalue weighted by Crippen LogP contribution is 2.23. The predicted molar refractivity (Wildman–Crippen MR) is 170 cm³/mol. The second-order valence-electron chi connectivity index (χ2n) is 10.8. The number of fused-ring (bicyclic) bond motifs is 1. The number of nitrogens with one attached hydrogen (secondary N) is 3. The highest BCUT2D eigenvalue weighted by atomic mass is 32.2. The van der Waals surface area contributed by atoms with Crippen LogP contribution in [-0.4, -0.2) is 56.8 Å². The number of piperidine rings is 1. The Morgan fingerprint density at radius 3 is 2.35 bits per heavy atom. The van der Waals surface area contributed by atoms with Crippen molar-refractivity contribution >= 4 is 32.5 Å². The number of nitrogens with two attached hydrogens (primary N) is 1. The van der Waals surface area contributed by atoms with Crippen LogP contribution in [0.15, 0.2) is 95.9 Å². The van der Waals surface area contributed by atoms with E-state index in [0.29, 0.717) is 23.6 Å². The number of sulfonamides is 1. The molecule has 5 rings (SSSR count). The molecule has 0 aliphatic carbocycles. The van der Waals surface area contributed by atoms with E-state index in [4.69, 9.17) is 26.0 Å². The van der Waals surface area contributed by atoms with E-state index >= 15 is 0 Å². The van der Waals surface area contributed by atoms with Crippen molar-refractivity contribution in [2.45, 2.75) is 43.2 Å². The van der Waals surface area contributed by atoms with E-state index in [-0.39, 0.29) is 23.4 Å². The Labute approximate surface area is 252 Å². The number of hydrogen-bond donors (Lipinski definition) is 4. The fourth-order valence-corrected chi connectivity index (χ4v) is 6.45. The van der Waals surface area contributed by atoms with Crippen molar-refractivity contribution in [3.63, 3.8) is 0 Å². The maximum atomic E-state index is 13.5. The Balaban J connectivity index is 1.30. The van der Waals surface area contributed by atoms with Crippen molar-refractivity contribution in [3.05, 3.63) is 102 Å². The topological polar surface area (TPSA) is 142 Å². The van der Waals surface area contributed by atoms with E-state index in [0.717, 1.165) is 48.0 Å². The summed E-state index contributed by atoms with van der Waals surface area (Å²) in [5.74, 6) is 1.77. The first kappa shape index (κ1) is 30.1. The number of nitrogen functional groups attached to an aromatic ring is 1. The summed E-state index contributed by atoms with van der Waals surface area (Å²) in [5.41, 5.74) is 7.09. The molecule has 0 amide bonds. The third-order valence-electron chi connectivity index (χ3n) is 7.57. The number of amidine groups is 2. The lowest BCUT2D eigenvalue weighted by Crippen LogP contribution is -2.40.